The molecule has 1 aliphatic rings. The number of ether oxygens (including phenoxy) is 2. The van der Waals surface area contributed by atoms with Gasteiger partial charge in [0.1, 0.15) is 0 Å². The second-order valence-electron chi connectivity index (χ2n) is 4.35. The molecule has 1 aromatic rings. The number of halogens is 1. The van der Waals surface area contributed by atoms with Crippen LogP contribution in [0, 0.1) is 5.82 Å². The number of aliphatic hydroxyl groups is 1. The van der Waals surface area contributed by atoms with Crippen LogP contribution in [-0.2, 0) is 10.3 Å². The molecule has 1 fully saturated rings. The highest BCUT2D eigenvalue weighted by Gasteiger charge is 2.31. The first-order chi connectivity index (χ1) is 8.15. The Morgan fingerprint density at radius 2 is 2.18 bits per heavy atom. The average Bonchev–Trinajstić information content (AvgIpc) is 2.55. The third kappa shape index (κ3) is 2.58. The third-order valence-corrected chi connectivity index (χ3v) is 3.23. The molecule has 94 valence electrons. The molecule has 0 amide bonds. The highest BCUT2D eigenvalue weighted by molar-refractivity contribution is 5.32. The van der Waals surface area contributed by atoms with Crippen LogP contribution in [0.25, 0.3) is 0 Å². The van der Waals surface area contributed by atoms with Crippen molar-refractivity contribution < 1.29 is 19.0 Å². The third-order valence-electron chi connectivity index (χ3n) is 3.23. The lowest BCUT2D eigenvalue weighted by Gasteiger charge is -2.26. The summed E-state index contributed by atoms with van der Waals surface area (Å²) in [7, 11) is 1.42. The minimum atomic E-state index is -0.983. The van der Waals surface area contributed by atoms with Gasteiger partial charge in [0.2, 0.25) is 0 Å². The van der Waals surface area contributed by atoms with Gasteiger partial charge in [-0.2, -0.15) is 0 Å². The molecule has 1 N–H and O–H groups in total. The summed E-state index contributed by atoms with van der Waals surface area (Å²) in [6, 6.07) is 4.62. The van der Waals surface area contributed by atoms with E-state index in [0.717, 1.165) is 6.42 Å². The van der Waals surface area contributed by atoms with Crippen molar-refractivity contribution in [3.05, 3.63) is 29.6 Å². The van der Waals surface area contributed by atoms with Crippen LogP contribution in [-0.4, -0.2) is 25.4 Å². The lowest BCUT2D eigenvalue weighted by atomic mass is 9.87. The number of rotatable bonds is 2. The predicted molar refractivity (Wildman–Crippen MR) is 61.5 cm³/mol. The maximum atomic E-state index is 13.6. The Balaban J connectivity index is 2.28. The normalized spacial score (nSPS) is 25.4. The molecule has 17 heavy (non-hydrogen) atoms. The maximum Gasteiger partial charge on any atom is 0.165 e. The first-order valence-electron chi connectivity index (χ1n) is 5.80. The van der Waals surface area contributed by atoms with E-state index in [1.54, 1.807) is 12.1 Å². The molecule has 1 aromatic carbocycles. The Hall–Kier alpha value is -1.13. The molecule has 1 heterocycles. The Morgan fingerprint density at radius 1 is 1.35 bits per heavy atom. The van der Waals surface area contributed by atoms with Crippen molar-refractivity contribution in [2.45, 2.75) is 24.9 Å². The molecule has 0 radical (unpaired) electrons. The minimum Gasteiger partial charge on any atom is -0.494 e. The molecule has 0 bridgehead atoms. The van der Waals surface area contributed by atoms with Gasteiger partial charge in [-0.15, -0.1) is 0 Å². The summed E-state index contributed by atoms with van der Waals surface area (Å²) < 4.78 is 23.8. The van der Waals surface area contributed by atoms with Gasteiger partial charge in [0, 0.05) is 19.6 Å². The highest BCUT2D eigenvalue weighted by Crippen LogP contribution is 2.34. The number of hydrogen-bond donors (Lipinski definition) is 1. The summed E-state index contributed by atoms with van der Waals surface area (Å²) in [4.78, 5) is 0. The van der Waals surface area contributed by atoms with Crippen molar-refractivity contribution in [1.82, 2.24) is 0 Å². The zero-order chi connectivity index (χ0) is 12.3. The van der Waals surface area contributed by atoms with Gasteiger partial charge in [-0.25, -0.2) is 4.39 Å². The fourth-order valence-electron chi connectivity index (χ4n) is 2.18. The molecule has 1 aliphatic heterocycles. The van der Waals surface area contributed by atoms with Crippen molar-refractivity contribution in [1.29, 1.82) is 0 Å². The van der Waals surface area contributed by atoms with Gasteiger partial charge < -0.3 is 14.6 Å². The molecule has 0 saturated carbocycles. The van der Waals surface area contributed by atoms with Crippen LogP contribution in [0.3, 0.4) is 0 Å². The van der Waals surface area contributed by atoms with Gasteiger partial charge in [-0.3, -0.25) is 0 Å². The molecule has 1 saturated heterocycles. The minimum absolute atomic E-state index is 0.197. The van der Waals surface area contributed by atoms with E-state index in [0.29, 0.717) is 31.6 Å². The molecule has 3 nitrogen and oxygen atoms in total. The monoisotopic (exact) mass is 240 g/mol. The summed E-state index contributed by atoms with van der Waals surface area (Å²) in [5, 5.41) is 10.5. The Labute approximate surface area is 100 Å². The summed E-state index contributed by atoms with van der Waals surface area (Å²) in [6.45, 7) is 1.16. The van der Waals surface area contributed by atoms with Crippen LogP contribution in [0.4, 0.5) is 4.39 Å². The first-order valence-corrected chi connectivity index (χ1v) is 5.80. The second kappa shape index (κ2) is 5.02. The van der Waals surface area contributed by atoms with Gasteiger partial charge in [-0.05, 0) is 30.5 Å². The van der Waals surface area contributed by atoms with Gasteiger partial charge in [-0.1, -0.05) is 6.07 Å². The molecule has 2 rings (SSSR count). The van der Waals surface area contributed by atoms with Crippen LogP contribution < -0.4 is 4.74 Å². The van der Waals surface area contributed by atoms with Crippen LogP contribution in [0.1, 0.15) is 24.8 Å². The largest absolute Gasteiger partial charge is 0.494 e. The van der Waals surface area contributed by atoms with Crippen LogP contribution >= 0.6 is 0 Å². The van der Waals surface area contributed by atoms with Crippen molar-refractivity contribution in [3.8, 4) is 5.75 Å². The number of methoxy groups -OCH3 is 1. The van der Waals surface area contributed by atoms with E-state index >= 15 is 0 Å². The molecule has 1 unspecified atom stereocenters. The van der Waals surface area contributed by atoms with Gasteiger partial charge >= 0.3 is 0 Å². The smallest absolute Gasteiger partial charge is 0.165 e. The lowest BCUT2D eigenvalue weighted by Crippen LogP contribution is -2.26. The Bertz CT molecular complexity index is 384. The highest BCUT2D eigenvalue weighted by atomic mass is 19.1. The van der Waals surface area contributed by atoms with E-state index in [9.17, 15) is 9.50 Å². The zero-order valence-electron chi connectivity index (χ0n) is 9.91. The quantitative estimate of drug-likeness (QED) is 0.861. The maximum absolute atomic E-state index is 13.6. The molecule has 0 aliphatic carbocycles. The summed E-state index contributed by atoms with van der Waals surface area (Å²) in [5.41, 5.74) is -0.384. The predicted octanol–water partition coefficient (Wildman–Crippen LogP) is 2.22. The van der Waals surface area contributed by atoms with Crippen LogP contribution in [0.2, 0.25) is 0 Å². The van der Waals surface area contributed by atoms with E-state index < -0.39 is 11.4 Å². The number of benzene rings is 1. The lowest BCUT2D eigenvalue weighted by molar-refractivity contribution is 0.0141. The van der Waals surface area contributed by atoms with E-state index in [1.807, 2.05) is 0 Å². The van der Waals surface area contributed by atoms with Crippen molar-refractivity contribution in [2.75, 3.05) is 20.3 Å². The molecular weight excluding hydrogens is 223 g/mol. The average molecular weight is 240 g/mol. The standard InChI is InChI=1S/C13H17FO3/c1-16-12-4-3-10(9-11(12)14)13(15)5-2-7-17-8-6-13/h3-4,9,15H,2,5-8H2,1H3. The molecular formula is C13H17FO3. The second-order valence-corrected chi connectivity index (χ2v) is 4.35. The molecule has 0 aromatic heterocycles. The van der Waals surface area contributed by atoms with E-state index in [1.165, 1.54) is 13.2 Å². The van der Waals surface area contributed by atoms with Crippen molar-refractivity contribution >= 4 is 0 Å². The summed E-state index contributed by atoms with van der Waals surface area (Å²) in [6.07, 6.45) is 1.88. The molecule has 1 atom stereocenters. The van der Waals surface area contributed by atoms with Crippen molar-refractivity contribution in [3.63, 3.8) is 0 Å². The van der Waals surface area contributed by atoms with Crippen LogP contribution in [0.5, 0.6) is 5.75 Å². The van der Waals surface area contributed by atoms with Gasteiger partial charge in [0.05, 0.1) is 12.7 Å². The summed E-state index contributed by atoms with van der Waals surface area (Å²) in [5.74, 6) is -0.245. The topological polar surface area (TPSA) is 38.7 Å². The SMILES string of the molecule is COc1ccc(C2(O)CCCOCC2)cc1F. The Kier molecular flexibility index (Phi) is 3.64. The van der Waals surface area contributed by atoms with Crippen molar-refractivity contribution in [2.24, 2.45) is 0 Å². The fourth-order valence-corrected chi connectivity index (χ4v) is 2.18. The fraction of sp³-hybridized carbons (Fsp3) is 0.538. The van der Waals surface area contributed by atoms with E-state index in [-0.39, 0.29) is 5.75 Å². The first kappa shape index (κ1) is 12.3. The van der Waals surface area contributed by atoms with Gasteiger partial charge in [0.15, 0.2) is 11.6 Å². The van der Waals surface area contributed by atoms with Crippen LogP contribution in [0.15, 0.2) is 18.2 Å². The van der Waals surface area contributed by atoms with E-state index in [2.05, 4.69) is 0 Å². The molecule has 0 spiro atoms. The number of hydrogen-bond acceptors (Lipinski definition) is 3. The zero-order valence-corrected chi connectivity index (χ0v) is 9.91. The Morgan fingerprint density at radius 3 is 2.88 bits per heavy atom. The van der Waals surface area contributed by atoms with Gasteiger partial charge in [0.25, 0.3) is 0 Å². The van der Waals surface area contributed by atoms with E-state index in [4.69, 9.17) is 9.47 Å². The summed E-state index contributed by atoms with van der Waals surface area (Å²) >= 11 is 0. The molecule has 4 heteroatoms.